The van der Waals surface area contributed by atoms with Crippen LogP contribution in [-0.4, -0.2) is 22.2 Å². The van der Waals surface area contributed by atoms with Gasteiger partial charge in [-0.2, -0.15) is 5.10 Å². The smallest absolute Gasteiger partial charge is 0.266 e. The standard InChI is InChI=1S/C15H16BrN3O2/c1-11-2-7-15(21)19(18-11)9-8-17-14(20)10-12-3-5-13(16)6-4-12/h2-7H,8-10H2,1H3,(H,17,20). The SMILES string of the molecule is Cc1ccc(=O)n(CCNC(=O)Cc2ccc(Br)cc2)n1. The van der Waals surface area contributed by atoms with Gasteiger partial charge < -0.3 is 5.32 Å². The number of aromatic nitrogens is 2. The average molecular weight is 350 g/mol. The molecule has 1 N–H and O–H groups in total. The van der Waals surface area contributed by atoms with E-state index in [2.05, 4.69) is 26.3 Å². The molecule has 2 rings (SSSR count). The summed E-state index contributed by atoms with van der Waals surface area (Å²) in [7, 11) is 0. The molecule has 0 aliphatic heterocycles. The highest BCUT2D eigenvalue weighted by Crippen LogP contribution is 2.10. The van der Waals surface area contributed by atoms with E-state index >= 15 is 0 Å². The highest BCUT2D eigenvalue weighted by Gasteiger charge is 2.04. The second kappa shape index (κ2) is 7.17. The summed E-state index contributed by atoms with van der Waals surface area (Å²) in [6, 6.07) is 10.8. The molecule has 21 heavy (non-hydrogen) atoms. The van der Waals surface area contributed by atoms with Crippen molar-refractivity contribution in [3.05, 3.63) is 62.5 Å². The van der Waals surface area contributed by atoms with E-state index in [1.54, 1.807) is 6.07 Å². The third-order valence-electron chi connectivity index (χ3n) is 2.92. The maximum absolute atomic E-state index is 11.8. The molecule has 0 atom stereocenters. The lowest BCUT2D eigenvalue weighted by Crippen LogP contribution is -2.32. The summed E-state index contributed by atoms with van der Waals surface area (Å²) in [6.45, 7) is 2.57. The number of benzene rings is 1. The lowest BCUT2D eigenvalue weighted by atomic mass is 10.1. The predicted octanol–water partition coefficient (Wildman–Crippen LogP) is 1.67. The van der Waals surface area contributed by atoms with E-state index in [0.29, 0.717) is 19.5 Å². The first-order chi connectivity index (χ1) is 10.0. The van der Waals surface area contributed by atoms with Gasteiger partial charge in [-0.15, -0.1) is 0 Å². The molecule has 0 fully saturated rings. The number of carbonyl (C=O) groups is 1. The van der Waals surface area contributed by atoms with Crippen LogP contribution in [0.3, 0.4) is 0 Å². The Kier molecular flexibility index (Phi) is 5.27. The van der Waals surface area contributed by atoms with Crippen LogP contribution in [0.15, 0.2) is 45.7 Å². The van der Waals surface area contributed by atoms with Crippen LogP contribution in [0, 0.1) is 6.92 Å². The lowest BCUT2D eigenvalue weighted by Gasteiger charge is -2.07. The molecule has 5 nitrogen and oxygen atoms in total. The minimum Gasteiger partial charge on any atom is -0.354 e. The van der Waals surface area contributed by atoms with Crippen molar-refractivity contribution >= 4 is 21.8 Å². The number of amides is 1. The van der Waals surface area contributed by atoms with Crippen molar-refractivity contribution in [2.24, 2.45) is 0 Å². The van der Waals surface area contributed by atoms with Gasteiger partial charge in [0.2, 0.25) is 5.91 Å². The van der Waals surface area contributed by atoms with Crippen LogP contribution >= 0.6 is 15.9 Å². The zero-order valence-electron chi connectivity index (χ0n) is 11.7. The molecule has 0 saturated heterocycles. The molecule has 110 valence electrons. The fourth-order valence-corrected chi connectivity index (χ4v) is 2.13. The van der Waals surface area contributed by atoms with Crippen LogP contribution in [0.2, 0.25) is 0 Å². The summed E-state index contributed by atoms with van der Waals surface area (Å²) in [5, 5.41) is 6.90. The monoisotopic (exact) mass is 349 g/mol. The molecule has 6 heteroatoms. The molecular weight excluding hydrogens is 334 g/mol. The summed E-state index contributed by atoms with van der Waals surface area (Å²) >= 11 is 3.35. The number of nitrogens with zero attached hydrogens (tertiary/aromatic N) is 2. The first kappa shape index (κ1) is 15.4. The number of aryl methyl sites for hydroxylation is 1. The largest absolute Gasteiger partial charge is 0.354 e. The summed E-state index contributed by atoms with van der Waals surface area (Å²) in [6.07, 6.45) is 0.323. The van der Waals surface area contributed by atoms with Crippen LogP contribution in [-0.2, 0) is 17.8 Å². The highest BCUT2D eigenvalue weighted by molar-refractivity contribution is 9.10. The molecule has 0 aliphatic carbocycles. The topological polar surface area (TPSA) is 64.0 Å². The van der Waals surface area contributed by atoms with Crippen molar-refractivity contribution in [1.82, 2.24) is 15.1 Å². The number of hydrogen-bond acceptors (Lipinski definition) is 3. The van der Waals surface area contributed by atoms with Gasteiger partial charge in [0.25, 0.3) is 5.56 Å². The summed E-state index contributed by atoms with van der Waals surface area (Å²) in [5.74, 6) is -0.0713. The van der Waals surface area contributed by atoms with Gasteiger partial charge in [0.15, 0.2) is 0 Å². The number of carbonyl (C=O) groups excluding carboxylic acids is 1. The first-order valence-electron chi connectivity index (χ1n) is 6.60. The predicted molar refractivity (Wildman–Crippen MR) is 84.1 cm³/mol. The summed E-state index contributed by atoms with van der Waals surface area (Å²) in [4.78, 5) is 23.4. The van der Waals surface area contributed by atoms with E-state index in [0.717, 1.165) is 15.7 Å². The number of nitrogens with one attached hydrogen (secondary N) is 1. The molecule has 0 radical (unpaired) electrons. The van der Waals surface area contributed by atoms with Gasteiger partial charge in [0, 0.05) is 17.1 Å². The van der Waals surface area contributed by atoms with E-state index in [-0.39, 0.29) is 11.5 Å². The van der Waals surface area contributed by atoms with Crippen LogP contribution in [0.25, 0.3) is 0 Å². The van der Waals surface area contributed by atoms with Gasteiger partial charge in [-0.25, -0.2) is 4.68 Å². The molecule has 0 unspecified atom stereocenters. The van der Waals surface area contributed by atoms with Crippen LogP contribution in [0.1, 0.15) is 11.3 Å². The molecule has 0 aliphatic rings. The Morgan fingerprint density at radius 3 is 2.67 bits per heavy atom. The molecule has 1 amide bonds. The minimum atomic E-state index is -0.164. The Morgan fingerprint density at radius 1 is 1.24 bits per heavy atom. The van der Waals surface area contributed by atoms with Crippen molar-refractivity contribution in [3.8, 4) is 0 Å². The molecular formula is C15H16BrN3O2. The van der Waals surface area contributed by atoms with E-state index in [9.17, 15) is 9.59 Å². The highest BCUT2D eigenvalue weighted by atomic mass is 79.9. The second-order valence-corrected chi connectivity index (χ2v) is 5.60. The first-order valence-corrected chi connectivity index (χ1v) is 7.40. The maximum atomic E-state index is 11.8. The fourth-order valence-electron chi connectivity index (χ4n) is 1.86. The third kappa shape index (κ3) is 4.82. The number of halogens is 1. The third-order valence-corrected chi connectivity index (χ3v) is 3.45. The van der Waals surface area contributed by atoms with Gasteiger partial charge >= 0.3 is 0 Å². The van der Waals surface area contributed by atoms with Crippen LogP contribution in [0.4, 0.5) is 0 Å². The molecule has 1 heterocycles. The Bertz CT molecular complexity index is 680. The second-order valence-electron chi connectivity index (χ2n) is 4.69. The van der Waals surface area contributed by atoms with Crippen molar-refractivity contribution in [2.75, 3.05) is 6.54 Å². The maximum Gasteiger partial charge on any atom is 0.266 e. The van der Waals surface area contributed by atoms with Crippen molar-refractivity contribution < 1.29 is 4.79 Å². The van der Waals surface area contributed by atoms with Gasteiger partial charge in [-0.05, 0) is 30.7 Å². The molecule has 0 spiro atoms. The molecule has 2 aromatic rings. The van der Waals surface area contributed by atoms with Crippen molar-refractivity contribution in [3.63, 3.8) is 0 Å². The Morgan fingerprint density at radius 2 is 1.95 bits per heavy atom. The summed E-state index contributed by atoms with van der Waals surface area (Å²) < 4.78 is 2.34. The Balaban J connectivity index is 1.83. The Labute approximate surface area is 131 Å². The van der Waals surface area contributed by atoms with E-state index in [1.807, 2.05) is 31.2 Å². The molecule has 0 saturated carbocycles. The van der Waals surface area contributed by atoms with Gasteiger partial charge in [-0.1, -0.05) is 28.1 Å². The molecule has 1 aromatic carbocycles. The number of rotatable bonds is 5. The normalized spacial score (nSPS) is 10.4. The quantitative estimate of drug-likeness (QED) is 0.892. The van der Waals surface area contributed by atoms with Crippen molar-refractivity contribution in [2.45, 2.75) is 19.9 Å². The molecule has 0 bridgehead atoms. The zero-order chi connectivity index (χ0) is 15.2. The molecule has 1 aromatic heterocycles. The van der Waals surface area contributed by atoms with Crippen molar-refractivity contribution in [1.29, 1.82) is 0 Å². The Hall–Kier alpha value is -1.95. The van der Waals surface area contributed by atoms with Gasteiger partial charge in [0.1, 0.15) is 0 Å². The van der Waals surface area contributed by atoms with Crippen LogP contribution < -0.4 is 10.9 Å². The van der Waals surface area contributed by atoms with E-state index < -0.39 is 0 Å². The number of hydrogen-bond donors (Lipinski definition) is 1. The minimum absolute atomic E-state index is 0.0713. The van der Waals surface area contributed by atoms with Crippen LogP contribution in [0.5, 0.6) is 0 Å². The van der Waals surface area contributed by atoms with Gasteiger partial charge in [0.05, 0.1) is 18.7 Å². The van der Waals surface area contributed by atoms with Gasteiger partial charge in [-0.3, -0.25) is 9.59 Å². The van der Waals surface area contributed by atoms with E-state index in [4.69, 9.17) is 0 Å². The fraction of sp³-hybridized carbons (Fsp3) is 0.267. The average Bonchev–Trinajstić information content (AvgIpc) is 2.45. The van der Waals surface area contributed by atoms with E-state index in [1.165, 1.54) is 10.7 Å². The lowest BCUT2D eigenvalue weighted by molar-refractivity contribution is -0.120. The zero-order valence-corrected chi connectivity index (χ0v) is 13.3. The summed E-state index contributed by atoms with van der Waals surface area (Å²) in [5.41, 5.74) is 1.56.